The number of fused-ring (bicyclic) bond motifs is 4. The first-order valence-electron chi connectivity index (χ1n) is 21.1. The fourth-order valence-electron chi connectivity index (χ4n) is 7.43. The second-order valence-corrected chi connectivity index (χ2v) is 26.8. The van der Waals surface area contributed by atoms with Gasteiger partial charge >= 0.3 is 201 Å². The number of imidazole rings is 1. The molecule has 0 aliphatic carbocycles. The van der Waals surface area contributed by atoms with Gasteiger partial charge in [-0.25, -0.2) is 4.98 Å². The van der Waals surface area contributed by atoms with Gasteiger partial charge in [0.2, 0.25) is 5.71 Å². The van der Waals surface area contributed by atoms with Crippen molar-refractivity contribution in [3.63, 3.8) is 0 Å². The van der Waals surface area contributed by atoms with Crippen LogP contribution in [-0.4, -0.2) is 32.8 Å². The molecule has 0 amide bonds. The van der Waals surface area contributed by atoms with Gasteiger partial charge in [0.05, 0.1) is 0 Å². The summed E-state index contributed by atoms with van der Waals surface area (Å²) in [5, 5.41) is 1.60. The molecule has 4 aromatic heterocycles. The van der Waals surface area contributed by atoms with Crippen molar-refractivity contribution in [2.45, 2.75) is 63.7 Å². The third kappa shape index (κ3) is 8.11. The molecule has 7 heteroatoms. The van der Waals surface area contributed by atoms with Crippen molar-refractivity contribution >= 4 is 50.8 Å². The van der Waals surface area contributed by atoms with Gasteiger partial charge in [-0.15, -0.1) is 48.0 Å². The Bertz CT molecular complexity index is 2890. The van der Waals surface area contributed by atoms with E-state index in [4.69, 9.17) is 13.5 Å². The second-order valence-electron chi connectivity index (χ2n) is 16.1. The van der Waals surface area contributed by atoms with Crippen molar-refractivity contribution in [2.24, 2.45) is 0 Å². The molecule has 58 heavy (non-hydrogen) atoms. The Morgan fingerprint density at radius 3 is 2.09 bits per heavy atom. The number of pyridine rings is 2. The molecule has 0 unspecified atom stereocenters. The molecule has 0 bridgehead atoms. The molecule has 0 saturated heterocycles. The van der Waals surface area contributed by atoms with Crippen LogP contribution in [0.4, 0.5) is 0 Å². The molecule has 5 aromatic carbocycles. The summed E-state index contributed by atoms with van der Waals surface area (Å²) in [6, 6.07) is 49.6. The van der Waals surface area contributed by atoms with Crippen molar-refractivity contribution in [3.8, 4) is 39.5 Å². The second kappa shape index (κ2) is 17.0. The summed E-state index contributed by atoms with van der Waals surface area (Å²) in [4.78, 5) is 13.8. The van der Waals surface area contributed by atoms with Crippen molar-refractivity contribution in [1.82, 2.24) is 19.5 Å². The topological polar surface area (TPSA) is 56.7 Å². The van der Waals surface area contributed by atoms with Crippen molar-refractivity contribution in [2.75, 3.05) is 0 Å². The van der Waals surface area contributed by atoms with Crippen molar-refractivity contribution in [1.29, 1.82) is 0 Å². The predicted octanol–water partition coefficient (Wildman–Crippen LogP) is 13.1. The molecular weight excluding hydrogens is 949 g/mol. The van der Waals surface area contributed by atoms with Crippen LogP contribution in [0.5, 0.6) is 0 Å². The Labute approximate surface area is 362 Å². The Morgan fingerprint density at radius 2 is 1.43 bits per heavy atom. The van der Waals surface area contributed by atoms with E-state index in [0.29, 0.717) is 16.9 Å². The average Bonchev–Trinajstić information content (AvgIpc) is 3.82. The number of aromatic nitrogens is 4. The van der Waals surface area contributed by atoms with Gasteiger partial charge in [0.1, 0.15) is 0 Å². The summed E-state index contributed by atoms with van der Waals surface area (Å²) in [6.45, 7) is 6.67. The van der Waals surface area contributed by atoms with Crippen LogP contribution in [0.1, 0.15) is 60.5 Å². The molecular formula is C51H48GeIrN4O-2. The number of hydrogen-bond acceptors (Lipinski definition) is 4. The van der Waals surface area contributed by atoms with E-state index in [1.807, 2.05) is 66.7 Å². The van der Waals surface area contributed by atoms with Crippen LogP contribution >= 0.6 is 0 Å². The first-order chi connectivity index (χ1) is 28.7. The SMILES string of the molecule is [2H]C([2H])([2H])c1ccc2c(n1)oc1c(-c3nc4ccccc4n3-c3c(C(C)C)cc(-c4cc[c]([Ge]([CH3])([CH3])[CH3])cc4)cc3C(C)C)[c-]ccc12.[Ir].[c-]1ccccc1-c1ccccn1. The fourth-order valence-corrected chi connectivity index (χ4v) is 9.88. The van der Waals surface area contributed by atoms with E-state index < -0.39 is 20.1 Å². The number of furan rings is 1. The first-order valence-corrected chi connectivity index (χ1v) is 26.9. The first kappa shape index (κ1) is 37.2. The molecule has 293 valence electrons. The van der Waals surface area contributed by atoms with Crippen LogP contribution < -0.4 is 4.40 Å². The van der Waals surface area contributed by atoms with Gasteiger partial charge in [-0.1, -0.05) is 23.6 Å². The maximum atomic E-state index is 7.87. The predicted molar refractivity (Wildman–Crippen MR) is 240 cm³/mol. The van der Waals surface area contributed by atoms with E-state index in [9.17, 15) is 0 Å². The minimum atomic E-state index is -2.33. The molecule has 4 heterocycles. The number of benzene rings is 5. The van der Waals surface area contributed by atoms with Crippen LogP contribution in [-0.2, 0) is 20.1 Å². The molecule has 0 N–H and O–H groups in total. The maximum absolute atomic E-state index is 7.87. The van der Waals surface area contributed by atoms with E-state index in [1.54, 1.807) is 18.3 Å². The van der Waals surface area contributed by atoms with Gasteiger partial charge < -0.3 is 9.40 Å². The van der Waals surface area contributed by atoms with Crippen LogP contribution in [0.15, 0.2) is 138 Å². The number of aryl methyl sites for hydroxylation is 1. The Balaban J connectivity index is 0.000000370. The standard InChI is InChI=1S/C40H40GeN3O.C11H8N.Ir/c1-24(2)33-22-28(27-17-19-29(20-18-27)41(6,7)8)23-34(25(3)4)37(33)44-36-15-10-9-14-35(36)43-39(44)32-13-11-12-30-31-21-16-26(5)42-40(31)45-38(30)32;1-2-6-10(7-3-1)11-8-4-5-9-12-11;/h9-12,14-25H,1-8H3;1-6,8-9H;/q2*-1;/i5D3;;. The van der Waals surface area contributed by atoms with Gasteiger partial charge in [-0.3, -0.25) is 0 Å². The van der Waals surface area contributed by atoms with Crippen LogP contribution in [0.2, 0.25) is 17.3 Å². The van der Waals surface area contributed by atoms with Gasteiger partial charge in [0.15, 0.2) is 0 Å². The minimum absolute atomic E-state index is 0. The minimum Gasteiger partial charge on any atom is -0.305 e. The number of para-hydroxylation sites is 2. The van der Waals surface area contributed by atoms with Crippen LogP contribution in [0, 0.1) is 19.0 Å². The molecule has 0 atom stereocenters. The van der Waals surface area contributed by atoms with Crippen LogP contribution in [0.3, 0.4) is 0 Å². The molecule has 1 radical (unpaired) electrons. The van der Waals surface area contributed by atoms with E-state index in [1.165, 1.54) is 26.6 Å². The third-order valence-electron chi connectivity index (χ3n) is 10.5. The molecule has 0 fully saturated rings. The summed E-state index contributed by atoms with van der Waals surface area (Å²) < 4.78 is 33.8. The average molecular weight is 1000 g/mol. The van der Waals surface area contributed by atoms with E-state index in [-0.39, 0.29) is 37.6 Å². The molecule has 5 nitrogen and oxygen atoms in total. The van der Waals surface area contributed by atoms with Crippen molar-refractivity contribution in [3.05, 3.63) is 163 Å². The molecule has 9 rings (SSSR count). The van der Waals surface area contributed by atoms with Gasteiger partial charge in [0, 0.05) is 41.5 Å². The van der Waals surface area contributed by atoms with Gasteiger partial charge in [0.25, 0.3) is 0 Å². The monoisotopic (exact) mass is 1000 g/mol. The summed E-state index contributed by atoms with van der Waals surface area (Å²) >= 11 is -1.94. The molecule has 0 saturated carbocycles. The van der Waals surface area contributed by atoms with Gasteiger partial charge in [-0.2, -0.15) is 0 Å². The zero-order valence-electron chi connectivity index (χ0n) is 36.9. The smallest absolute Gasteiger partial charge is 0.305 e. The Morgan fingerprint density at radius 1 is 0.707 bits per heavy atom. The number of nitrogens with zero attached hydrogens (tertiary/aromatic N) is 4. The molecule has 0 aliphatic heterocycles. The van der Waals surface area contributed by atoms with Crippen molar-refractivity contribution < 1.29 is 28.6 Å². The summed E-state index contributed by atoms with van der Waals surface area (Å²) in [5.41, 5.74) is 11.5. The normalized spacial score (nSPS) is 12.6. The Hall–Kier alpha value is -5.14. The summed E-state index contributed by atoms with van der Waals surface area (Å²) in [5.74, 6) is 8.46. The quantitative estimate of drug-likeness (QED) is 0.118. The zero-order valence-corrected chi connectivity index (χ0v) is 38.4. The fraction of sp³-hybridized carbons (Fsp3) is 0.196. The molecule has 0 spiro atoms. The Kier molecular flexibility index (Phi) is 10.9. The van der Waals surface area contributed by atoms with E-state index in [0.717, 1.165) is 44.6 Å². The molecule has 9 aromatic rings. The number of rotatable bonds is 7. The summed E-state index contributed by atoms with van der Waals surface area (Å²) in [6.07, 6.45) is 1.79. The zero-order chi connectivity index (χ0) is 42.3. The van der Waals surface area contributed by atoms with Gasteiger partial charge in [-0.05, 0) is 30.7 Å². The number of hydrogen-bond donors (Lipinski definition) is 0. The molecule has 0 aliphatic rings. The van der Waals surface area contributed by atoms with E-state index >= 15 is 0 Å². The third-order valence-corrected chi connectivity index (χ3v) is 14.8. The van der Waals surface area contributed by atoms with E-state index in [2.05, 4.69) is 120 Å². The van der Waals surface area contributed by atoms with Crippen LogP contribution in [0.25, 0.3) is 72.6 Å². The summed E-state index contributed by atoms with van der Waals surface area (Å²) in [7, 11) is 0.